The summed E-state index contributed by atoms with van der Waals surface area (Å²) in [4.78, 5) is 16.1. The van der Waals surface area contributed by atoms with E-state index in [0.29, 0.717) is 12.1 Å². The Labute approximate surface area is 243 Å². The molecule has 3 heterocycles. The van der Waals surface area contributed by atoms with Gasteiger partial charge in [0.2, 0.25) is 5.60 Å². The predicted molar refractivity (Wildman–Crippen MR) is 149 cm³/mol. The molecular weight excluding hydrogens is 567 g/mol. The lowest BCUT2D eigenvalue weighted by atomic mass is 9.92. The van der Waals surface area contributed by atoms with E-state index in [2.05, 4.69) is 15.2 Å². The predicted octanol–water partition coefficient (Wildman–Crippen LogP) is 2.22. The van der Waals surface area contributed by atoms with Gasteiger partial charge in [-0.25, -0.2) is 14.0 Å². The molecule has 5 N–H and O–H groups in total. The molecule has 1 aliphatic rings. The molecular formula is C27H34N6O8P+. The molecule has 0 aliphatic carbocycles. The van der Waals surface area contributed by atoms with E-state index in [0.717, 1.165) is 12.8 Å². The Morgan fingerprint density at radius 2 is 2.02 bits per heavy atom. The monoisotopic (exact) mass is 601 g/mol. The van der Waals surface area contributed by atoms with Crippen molar-refractivity contribution < 1.29 is 38.3 Å². The standard InChI is InChI=1S/C27H34N6O8P/c1-4-17(5-2)12-39-26(36)16(3)32-42(37)41-19-8-6-7-18(11-19)38-13-21-23(34)24(35)27(14-28,40-21)22-10-9-20-25(29)30-15-31-33(20)22/h6-11,15-17,21,23-24,34-35H,4-5,12-13H2,1-3H3,(H,32,37)(H2,29,30,31)/q+1/t16-,21?,23+,24+,27-/m0/s1. The number of nitriles is 1. The number of aliphatic hydroxyl groups excluding tert-OH is 2. The van der Waals surface area contributed by atoms with Crippen LogP contribution in [-0.2, 0) is 24.4 Å². The summed E-state index contributed by atoms with van der Waals surface area (Å²) in [6, 6.07) is 10.4. The number of rotatable bonds is 13. The van der Waals surface area contributed by atoms with Gasteiger partial charge in [-0.15, -0.1) is 0 Å². The van der Waals surface area contributed by atoms with Gasteiger partial charge in [0.25, 0.3) is 0 Å². The maximum atomic E-state index is 12.5. The van der Waals surface area contributed by atoms with Crippen molar-refractivity contribution in [1.82, 2.24) is 19.7 Å². The number of ether oxygens (including phenoxy) is 3. The van der Waals surface area contributed by atoms with Crippen LogP contribution in [0.1, 0.15) is 39.3 Å². The Hall–Kier alpha value is -3.86. The van der Waals surface area contributed by atoms with Crippen molar-refractivity contribution in [3.63, 3.8) is 0 Å². The minimum absolute atomic E-state index is 0.169. The second-order valence-corrected chi connectivity index (χ2v) is 10.9. The van der Waals surface area contributed by atoms with Crippen LogP contribution in [0, 0.1) is 17.2 Å². The number of nitrogens with zero attached hydrogens (tertiary/aromatic N) is 4. The van der Waals surface area contributed by atoms with Crippen molar-refractivity contribution in [2.45, 2.75) is 63.6 Å². The summed E-state index contributed by atoms with van der Waals surface area (Å²) in [6.45, 7) is 5.64. The van der Waals surface area contributed by atoms with Crippen molar-refractivity contribution in [3.05, 3.63) is 48.4 Å². The number of hydrogen-bond acceptors (Lipinski definition) is 12. The lowest BCUT2D eigenvalue weighted by Crippen LogP contribution is -2.41. The van der Waals surface area contributed by atoms with Crippen LogP contribution in [0.3, 0.4) is 0 Å². The van der Waals surface area contributed by atoms with Gasteiger partial charge in [-0.05, 0) is 37.1 Å². The Morgan fingerprint density at radius 3 is 2.74 bits per heavy atom. The van der Waals surface area contributed by atoms with Crippen molar-refractivity contribution >= 4 is 25.5 Å². The van der Waals surface area contributed by atoms with Crippen LogP contribution < -0.4 is 20.1 Å². The average molecular weight is 602 g/mol. The third kappa shape index (κ3) is 6.46. The molecule has 2 aromatic heterocycles. The zero-order valence-corrected chi connectivity index (χ0v) is 24.3. The summed E-state index contributed by atoms with van der Waals surface area (Å²) in [5.74, 6) is 0.382. The van der Waals surface area contributed by atoms with E-state index in [9.17, 15) is 24.8 Å². The number of aromatic nitrogens is 3. The highest BCUT2D eigenvalue weighted by Gasteiger charge is 2.57. The van der Waals surface area contributed by atoms with Crippen molar-refractivity contribution in [2.24, 2.45) is 5.92 Å². The molecule has 1 saturated heterocycles. The molecule has 15 heteroatoms. The van der Waals surface area contributed by atoms with Gasteiger partial charge in [0, 0.05) is 10.6 Å². The van der Waals surface area contributed by atoms with E-state index in [1.54, 1.807) is 24.3 Å². The van der Waals surface area contributed by atoms with Crippen LogP contribution in [0.2, 0.25) is 0 Å². The van der Waals surface area contributed by atoms with E-state index >= 15 is 0 Å². The lowest BCUT2D eigenvalue weighted by molar-refractivity contribution is -0.146. The fraction of sp³-hybridized carbons (Fsp3) is 0.481. The maximum Gasteiger partial charge on any atom is 0.664 e. The minimum Gasteiger partial charge on any atom is -0.491 e. The van der Waals surface area contributed by atoms with Gasteiger partial charge >= 0.3 is 14.1 Å². The van der Waals surface area contributed by atoms with Crippen molar-refractivity contribution in [2.75, 3.05) is 18.9 Å². The summed E-state index contributed by atoms with van der Waals surface area (Å²) >= 11 is 0. The SMILES string of the molecule is CCC(CC)COC(=O)[C@H](C)N[P+](=O)Oc1cccc(OCC2O[C@@](C#N)(c3ccc4c(N)ncnn34)[C@H](O)[C@@H]2O)c1. The van der Waals surface area contributed by atoms with Gasteiger partial charge in [0.05, 0.1) is 12.3 Å². The van der Waals surface area contributed by atoms with Gasteiger partial charge in [-0.2, -0.15) is 10.4 Å². The first kappa shape index (κ1) is 31.1. The van der Waals surface area contributed by atoms with Crippen LogP contribution >= 0.6 is 8.18 Å². The number of esters is 1. The Balaban J connectivity index is 1.36. The van der Waals surface area contributed by atoms with E-state index in [1.807, 2.05) is 19.9 Å². The number of benzene rings is 1. The van der Waals surface area contributed by atoms with E-state index in [4.69, 9.17) is 24.5 Å². The van der Waals surface area contributed by atoms with E-state index in [1.165, 1.54) is 29.9 Å². The fourth-order valence-electron chi connectivity index (χ4n) is 4.53. The number of nitrogen functional groups attached to an aromatic ring is 1. The van der Waals surface area contributed by atoms with Crippen LogP contribution in [-0.4, -0.2) is 68.3 Å². The highest BCUT2D eigenvalue weighted by molar-refractivity contribution is 7.37. The number of carbonyl (C=O) groups excluding carboxylic acids is 1. The van der Waals surface area contributed by atoms with Crippen LogP contribution in [0.15, 0.2) is 42.7 Å². The molecule has 2 unspecified atom stereocenters. The molecule has 6 atom stereocenters. The van der Waals surface area contributed by atoms with Crippen molar-refractivity contribution in [3.8, 4) is 17.6 Å². The molecule has 1 aromatic carbocycles. The summed E-state index contributed by atoms with van der Waals surface area (Å²) < 4.78 is 36.2. The second-order valence-electron chi connectivity index (χ2n) is 9.90. The number of nitrogens with one attached hydrogen (secondary N) is 1. The molecule has 0 bridgehead atoms. The maximum absolute atomic E-state index is 12.5. The number of nitrogens with two attached hydrogens (primary N) is 1. The van der Waals surface area contributed by atoms with E-state index in [-0.39, 0.29) is 35.5 Å². The third-order valence-electron chi connectivity index (χ3n) is 7.16. The fourth-order valence-corrected chi connectivity index (χ4v) is 5.31. The summed E-state index contributed by atoms with van der Waals surface area (Å²) in [6.07, 6.45) is -1.21. The Morgan fingerprint density at radius 1 is 1.29 bits per heavy atom. The summed E-state index contributed by atoms with van der Waals surface area (Å²) in [7, 11) is -2.47. The van der Waals surface area contributed by atoms with Gasteiger partial charge in [-0.1, -0.05) is 37.8 Å². The number of hydrogen-bond donors (Lipinski definition) is 4. The zero-order chi connectivity index (χ0) is 30.4. The normalized spacial score (nSPS) is 23.0. The highest BCUT2D eigenvalue weighted by Crippen LogP contribution is 2.40. The third-order valence-corrected chi connectivity index (χ3v) is 8.14. The van der Waals surface area contributed by atoms with Crippen LogP contribution in [0.5, 0.6) is 11.5 Å². The molecule has 1 aliphatic heterocycles. The smallest absolute Gasteiger partial charge is 0.491 e. The van der Waals surface area contributed by atoms with Crippen LogP contribution in [0.4, 0.5) is 5.82 Å². The second kappa shape index (κ2) is 13.4. The number of aliphatic hydroxyl groups is 2. The first-order chi connectivity index (χ1) is 20.1. The average Bonchev–Trinajstić information content (AvgIpc) is 3.53. The topological polar surface area (TPSA) is 204 Å². The molecule has 224 valence electrons. The summed E-state index contributed by atoms with van der Waals surface area (Å²) in [5.41, 5.74) is 4.50. The van der Waals surface area contributed by atoms with Gasteiger partial charge in [0.15, 0.2) is 11.6 Å². The molecule has 3 aromatic rings. The first-order valence-corrected chi connectivity index (χ1v) is 14.7. The first-order valence-electron chi connectivity index (χ1n) is 13.5. The number of fused-ring (bicyclic) bond motifs is 1. The molecule has 1 fully saturated rings. The molecule has 0 radical (unpaired) electrons. The minimum atomic E-state index is -2.47. The van der Waals surface area contributed by atoms with Gasteiger partial charge in [-0.3, -0.25) is 4.79 Å². The van der Waals surface area contributed by atoms with Gasteiger partial charge < -0.3 is 30.2 Å². The highest BCUT2D eigenvalue weighted by atomic mass is 31.1. The molecule has 42 heavy (non-hydrogen) atoms. The molecule has 4 rings (SSSR count). The molecule has 0 saturated carbocycles. The Kier molecular flexibility index (Phi) is 9.93. The lowest BCUT2D eigenvalue weighted by Gasteiger charge is -2.24. The molecule has 0 spiro atoms. The van der Waals surface area contributed by atoms with Crippen molar-refractivity contribution in [1.29, 1.82) is 5.26 Å². The van der Waals surface area contributed by atoms with Gasteiger partial charge in [0.1, 0.15) is 54.6 Å². The quantitative estimate of drug-likeness (QED) is 0.164. The van der Waals surface area contributed by atoms with Crippen LogP contribution in [0.25, 0.3) is 5.52 Å². The number of carbonyl (C=O) groups is 1. The number of anilines is 1. The molecule has 14 nitrogen and oxygen atoms in total. The largest absolute Gasteiger partial charge is 0.664 e. The van der Waals surface area contributed by atoms with E-state index < -0.39 is 44.1 Å². The Bertz CT molecular complexity index is 1460. The zero-order valence-electron chi connectivity index (χ0n) is 23.4. The summed E-state index contributed by atoms with van der Waals surface area (Å²) in [5, 5.41) is 38.4. The molecule has 0 amide bonds.